The van der Waals surface area contributed by atoms with Crippen molar-refractivity contribution in [1.82, 2.24) is 0 Å². The fourth-order valence-electron chi connectivity index (χ4n) is 8.41. The zero-order chi connectivity index (χ0) is 17.8. The average Bonchev–Trinajstić information content (AvgIpc) is 3.25. The topological polar surface area (TPSA) is 46.7 Å². The number of epoxide rings is 1. The SMILES string of the molecule is CC(=O)C1CCC2C3CCC4(C)CC(=O)CCC4(C)C3C3OC3C12C. The lowest BCUT2D eigenvalue weighted by Crippen LogP contribution is -2.60. The molecule has 0 bridgehead atoms. The van der Waals surface area contributed by atoms with Gasteiger partial charge in [-0.05, 0) is 67.6 Å². The van der Waals surface area contributed by atoms with Crippen LogP contribution in [0.4, 0.5) is 0 Å². The molecule has 0 aromatic heterocycles. The Balaban J connectivity index is 1.55. The van der Waals surface area contributed by atoms with Gasteiger partial charge in [-0.25, -0.2) is 0 Å². The molecule has 4 saturated carbocycles. The fourth-order valence-corrected chi connectivity index (χ4v) is 8.41. The van der Waals surface area contributed by atoms with E-state index in [2.05, 4.69) is 20.8 Å². The van der Waals surface area contributed by atoms with Crippen LogP contribution in [0.25, 0.3) is 0 Å². The molecule has 3 nitrogen and oxygen atoms in total. The lowest BCUT2D eigenvalue weighted by atomic mass is 9.40. The molecule has 0 aromatic carbocycles. The summed E-state index contributed by atoms with van der Waals surface area (Å²) < 4.78 is 6.39. The van der Waals surface area contributed by atoms with Crippen LogP contribution in [0.5, 0.6) is 0 Å². The summed E-state index contributed by atoms with van der Waals surface area (Å²) in [5.74, 6) is 2.94. The monoisotopic (exact) mass is 344 g/mol. The summed E-state index contributed by atoms with van der Waals surface area (Å²) in [5, 5.41) is 0. The summed E-state index contributed by atoms with van der Waals surface area (Å²) in [7, 11) is 0. The Morgan fingerprint density at radius 3 is 2.60 bits per heavy atom. The first-order valence-electron chi connectivity index (χ1n) is 10.4. The van der Waals surface area contributed by atoms with Crippen LogP contribution in [0, 0.1) is 39.9 Å². The summed E-state index contributed by atoms with van der Waals surface area (Å²) in [4.78, 5) is 24.5. The lowest BCUT2D eigenvalue weighted by molar-refractivity contribution is -0.158. The first-order chi connectivity index (χ1) is 11.7. The minimum Gasteiger partial charge on any atom is -0.369 e. The van der Waals surface area contributed by atoms with Gasteiger partial charge in [-0.2, -0.15) is 0 Å². The number of hydrogen-bond donors (Lipinski definition) is 0. The van der Waals surface area contributed by atoms with Gasteiger partial charge in [0.05, 0.1) is 12.2 Å². The second kappa shape index (κ2) is 4.77. The maximum Gasteiger partial charge on any atom is 0.133 e. The summed E-state index contributed by atoms with van der Waals surface area (Å²) in [6.45, 7) is 8.99. The van der Waals surface area contributed by atoms with Crippen molar-refractivity contribution in [2.24, 2.45) is 39.9 Å². The van der Waals surface area contributed by atoms with Gasteiger partial charge in [-0.3, -0.25) is 9.59 Å². The fraction of sp³-hybridized carbons (Fsp3) is 0.909. The quantitative estimate of drug-likeness (QED) is 0.670. The van der Waals surface area contributed by atoms with Crippen LogP contribution in [0.3, 0.4) is 0 Å². The second-order valence-corrected chi connectivity index (χ2v) is 10.7. The Kier molecular flexibility index (Phi) is 3.14. The van der Waals surface area contributed by atoms with E-state index in [-0.39, 0.29) is 28.3 Å². The maximum atomic E-state index is 12.3. The van der Waals surface area contributed by atoms with Crippen molar-refractivity contribution < 1.29 is 14.3 Å². The van der Waals surface area contributed by atoms with Crippen molar-refractivity contribution in [3.63, 3.8) is 0 Å². The number of Topliss-reactive ketones (excluding diaryl/α,β-unsaturated/α-hetero) is 2. The number of carbonyl (C=O) groups is 2. The zero-order valence-electron chi connectivity index (χ0n) is 16.1. The molecule has 0 spiro atoms. The Morgan fingerprint density at radius 1 is 1.12 bits per heavy atom. The van der Waals surface area contributed by atoms with Gasteiger partial charge in [-0.15, -0.1) is 0 Å². The molecule has 138 valence electrons. The Bertz CT molecular complexity index is 656. The molecule has 9 atom stereocenters. The van der Waals surface area contributed by atoms with E-state index in [1.54, 1.807) is 6.92 Å². The third-order valence-corrected chi connectivity index (χ3v) is 9.93. The Morgan fingerprint density at radius 2 is 1.88 bits per heavy atom. The molecule has 4 aliphatic carbocycles. The van der Waals surface area contributed by atoms with Gasteiger partial charge in [0.15, 0.2) is 0 Å². The first-order valence-corrected chi connectivity index (χ1v) is 10.4. The average molecular weight is 344 g/mol. The molecule has 0 aromatic rings. The van der Waals surface area contributed by atoms with Gasteiger partial charge in [0.25, 0.3) is 0 Å². The Hall–Kier alpha value is -0.700. The van der Waals surface area contributed by atoms with E-state index >= 15 is 0 Å². The number of hydrogen-bond acceptors (Lipinski definition) is 3. The van der Waals surface area contributed by atoms with Crippen molar-refractivity contribution >= 4 is 11.6 Å². The van der Waals surface area contributed by atoms with E-state index in [1.807, 2.05) is 0 Å². The smallest absolute Gasteiger partial charge is 0.133 e. The van der Waals surface area contributed by atoms with Crippen molar-refractivity contribution in [2.75, 3.05) is 0 Å². The van der Waals surface area contributed by atoms with Crippen molar-refractivity contribution in [3.05, 3.63) is 0 Å². The minimum atomic E-state index is 0.0618. The standard InChI is InChI=1S/C22H32O3/c1-12(23)15-5-6-16-14-8-9-20(2)11-13(24)7-10-21(20,3)17(14)18-19(25-18)22(15,16)4/h14-19H,5-11H2,1-4H3. The van der Waals surface area contributed by atoms with Crippen LogP contribution in [0.2, 0.25) is 0 Å². The molecule has 25 heavy (non-hydrogen) atoms. The lowest BCUT2D eigenvalue weighted by Gasteiger charge is -2.63. The number of ketones is 2. The second-order valence-electron chi connectivity index (χ2n) is 10.7. The van der Waals surface area contributed by atoms with Crippen LogP contribution >= 0.6 is 0 Å². The molecule has 5 fully saturated rings. The van der Waals surface area contributed by atoms with Gasteiger partial charge in [0.1, 0.15) is 11.6 Å². The van der Waals surface area contributed by atoms with Gasteiger partial charge < -0.3 is 4.74 Å². The van der Waals surface area contributed by atoms with Crippen LogP contribution < -0.4 is 0 Å². The number of carbonyl (C=O) groups excluding carboxylic acids is 2. The Labute approximate surface area is 151 Å². The van der Waals surface area contributed by atoms with Gasteiger partial charge in [0.2, 0.25) is 0 Å². The van der Waals surface area contributed by atoms with Crippen LogP contribution in [-0.2, 0) is 14.3 Å². The van der Waals surface area contributed by atoms with E-state index in [4.69, 9.17) is 4.74 Å². The highest BCUT2D eigenvalue weighted by Gasteiger charge is 2.75. The van der Waals surface area contributed by atoms with E-state index in [0.717, 1.165) is 25.7 Å². The van der Waals surface area contributed by atoms with Crippen molar-refractivity contribution in [3.8, 4) is 0 Å². The largest absolute Gasteiger partial charge is 0.369 e. The first kappa shape index (κ1) is 16.5. The molecule has 9 unspecified atom stereocenters. The highest BCUT2D eigenvalue weighted by atomic mass is 16.6. The van der Waals surface area contributed by atoms with Gasteiger partial charge in [0, 0.05) is 24.2 Å². The summed E-state index contributed by atoms with van der Waals surface area (Å²) in [6.07, 6.45) is 7.82. The molecule has 1 heterocycles. The third-order valence-electron chi connectivity index (χ3n) is 9.93. The molecule has 5 rings (SSSR count). The predicted octanol–water partition coefficient (Wildman–Crippen LogP) is 4.18. The third kappa shape index (κ3) is 1.82. The maximum absolute atomic E-state index is 12.3. The van der Waals surface area contributed by atoms with E-state index in [9.17, 15) is 9.59 Å². The summed E-state index contributed by atoms with van der Waals surface area (Å²) in [5.41, 5.74) is 0.428. The summed E-state index contributed by atoms with van der Waals surface area (Å²) in [6, 6.07) is 0. The van der Waals surface area contributed by atoms with Gasteiger partial charge >= 0.3 is 0 Å². The molecule has 0 N–H and O–H groups in total. The zero-order valence-corrected chi connectivity index (χ0v) is 16.1. The highest BCUT2D eigenvalue weighted by molar-refractivity contribution is 5.81. The predicted molar refractivity (Wildman–Crippen MR) is 94.9 cm³/mol. The summed E-state index contributed by atoms with van der Waals surface area (Å²) >= 11 is 0. The molecular formula is C22H32O3. The van der Waals surface area contributed by atoms with Crippen LogP contribution in [-0.4, -0.2) is 23.8 Å². The molecule has 0 radical (unpaired) electrons. The number of ether oxygens (including phenoxy) is 1. The number of fused-ring (bicyclic) bond motifs is 8. The molecule has 5 aliphatic rings. The van der Waals surface area contributed by atoms with Crippen LogP contribution in [0.1, 0.15) is 72.6 Å². The molecule has 1 aliphatic heterocycles. The van der Waals surface area contributed by atoms with E-state index in [1.165, 1.54) is 19.3 Å². The van der Waals surface area contributed by atoms with Crippen molar-refractivity contribution in [2.45, 2.75) is 84.8 Å². The number of rotatable bonds is 1. The molecule has 3 heteroatoms. The molecule has 0 amide bonds. The molecule has 1 saturated heterocycles. The van der Waals surface area contributed by atoms with Gasteiger partial charge in [-0.1, -0.05) is 20.8 Å². The van der Waals surface area contributed by atoms with E-state index < -0.39 is 0 Å². The van der Waals surface area contributed by atoms with Crippen LogP contribution in [0.15, 0.2) is 0 Å². The normalized spacial score (nSPS) is 59.4. The highest BCUT2D eigenvalue weighted by Crippen LogP contribution is 2.74. The van der Waals surface area contributed by atoms with Crippen molar-refractivity contribution in [1.29, 1.82) is 0 Å². The minimum absolute atomic E-state index is 0.0618. The van der Waals surface area contributed by atoms with E-state index in [0.29, 0.717) is 35.4 Å². The molecular weight excluding hydrogens is 312 g/mol.